The molecule has 0 heterocycles. The van der Waals surface area contributed by atoms with Crippen LogP contribution in [0.3, 0.4) is 0 Å². The zero-order valence-electron chi connectivity index (χ0n) is 16.0. The van der Waals surface area contributed by atoms with E-state index in [-0.39, 0.29) is 5.75 Å². The van der Waals surface area contributed by atoms with Crippen molar-refractivity contribution in [2.45, 2.75) is 13.8 Å². The lowest BCUT2D eigenvalue weighted by molar-refractivity contribution is 0.335. The van der Waals surface area contributed by atoms with Crippen LogP contribution < -0.4 is 14.5 Å². The molecule has 0 spiro atoms. The van der Waals surface area contributed by atoms with Gasteiger partial charge in [-0.25, -0.2) is 0 Å². The number of aromatic hydroxyl groups is 1. The molecule has 4 nitrogen and oxygen atoms in total. The Morgan fingerprint density at radius 1 is 1.00 bits per heavy atom. The van der Waals surface area contributed by atoms with E-state index in [0.717, 1.165) is 22.5 Å². The monoisotopic (exact) mass is 340 g/mol. The third-order valence-electron chi connectivity index (χ3n) is 3.98. The predicted octanol–water partition coefficient (Wildman–Crippen LogP) is 4.54. The maximum absolute atomic E-state index is 10.4. The first kappa shape index (κ1) is 18.7. The van der Waals surface area contributed by atoms with Gasteiger partial charge in [0.05, 0.1) is 0 Å². The van der Waals surface area contributed by atoms with E-state index >= 15 is 0 Å². The van der Waals surface area contributed by atoms with Gasteiger partial charge in [0.25, 0.3) is 0 Å². The number of rotatable bonds is 6. The number of anilines is 2. The molecule has 0 radical (unpaired) electrons. The lowest BCUT2D eigenvalue weighted by Crippen LogP contribution is -2.12. The third-order valence-corrected chi connectivity index (χ3v) is 3.98. The number of phenols is 1. The summed E-state index contributed by atoms with van der Waals surface area (Å²) in [6.45, 7) is 4.49. The highest BCUT2D eigenvalue weighted by Crippen LogP contribution is 2.37. The van der Waals surface area contributed by atoms with Gasteiger partial charge in [-0.3, -0.25) is 0 Å². The topological polar surface area (TPSA) is 35.9 Å². The van der Waals surface area contributed by atoms with E-state index in [1.807, 2.05) is 60.2 Å². The Balaban J connectivity index is 2.39. The molecular formula is C21H28N2O2. The van der Waals surface area contributed by atoms with Gasteiger partial charge < -0.3 is 19.6 Å². The van der Waals surface area contributed by atoms with Crippen LogP contribution in [0, 0.1) is 0 Å². The SMILES string of the molecule is CC(C)=CCOc1ccc(-c2cc(N(C)C)ccc2N(C)C)cc1O. The van der Waals surface area contributed by atoms with E-state index < -0.39 is 0 Å². The number of hydrogen-bond donors (Lipinski definition) is 1. The van der Waals surface area contributed by atoms with Crippen molar-refractivity contribution in [1.29, 1.82) is 0 Å². The summed E-state index contributed by atoms with van der Waals surface area (Å²) in [4.78, 5) is 4.14. The molecule has 0 fully saturated rings. The minimum Gasteiger partial charge on any atom is -0.504 e. The predicted molar refractivity (Wildman–Crippen MR) is 107 cm³/mol. The second-order valence-electron chi connectivity index (χ2n) is 6.77. The van der Waals surface area contributed by atoms with Gasteiger partial charge in [0.15, 0.2) is 11.5 Å². The van der Waals surface area contributed by atoms with Crippen LogP contribution in [0.25, 0.3) is 11.1 Å². The number of allylic oxidation sites excluding steroid dienone is 1. The number of benzene rings is 2. The fraction of sp³-hybridized carbons (Fsp3) is 0.333. The van der Waals surface area contributed by atoms with E-state index in [1.165, 1.54) is 5.57 Å². The molecule has 134 valence electrons. The molecule has 0 unspecified atom stereocenters. The van der Waals surface area contributed by atoms with Crippen molar-refractivity contribution in [3.8, 4) is 22.6 Å². The van der Waals surface area contributed by atoms with E-state index in [2.05, 4.69) is 28.0 Å². The summed E-state index contributed by atoms with van der Waals surface area (Å²) in [5.74, 6) is 0.649. The molecule has 0 aliphatic rings. The normalized spacial score (nSPS) is 10.3. The summed E-state index contributed by atoms with van der Waals surface area (Å²) >= 11 is 0. The van der Waals surface area contributed by atoms with Gasteiger partial charge in [-0.05, 0) is 55.8 Å². The van der Waals surface area contributed by atoms with E-state index in [1.54, 1.807) is 6.07 Å². The lowest BCUT2D eigenvalue weighted by atomic mass is 10.0. The Morgan fingerprint density at radius 2 is 1.72 bits per heavy atom. The van der Waals surface area contributed by atoms with Gasteiger partial charge in [0.2, 0.25) is 0 Å². The average Bonchev–Trinajstić information content (AvgIpc) is 2.55. The molecule has 0 aromatic heterocycles. The van der Waals surface area contributed by atoms with Gasteiger partial charge in [-0.1, -0.05) is 11.6 Å². The van der Waals surface area contributed by atoms with Crippen LogP contribution >= 0.6 is 0 Å². The molecule has 0 aliphatic carbocycles. The molecule has 0 saturated heterocycles. The molecule has 2 aromatic rings. The first-order valence-electron chi connectivity index (χ1n) is 8.38. The van der Waals surface area contributed by atoms with Crippen molar-refractivity contribution in [2.75, 3.05) is 44.6 Å². The van der Waals surface area contributed by atoms with Crippen molar-refractivity contribution in [2.24, 2.45) is 0 Å². The second-order valence-corrected chi connectivity index (χ2v) is 6.77. The standard InChI is InChI=1S/C21H28N2O2/c1-15(2)11-12-25-21-10-7-16(13-20(21)24)18-14-17(22(3)4)8-9-19(18)23(5)6/h7-11,13-14,24H,12H2,1-6H3. The molecule has 25 heavy (non-hydrogen) atoms. The molecule has 0 saturated carbocycles. The fourth-order valence-electron chi connectivity index (χ4n) is 2.53. The highest BCUT2D eigenvalue weighted by atomic mass is 16.5. The van der Waals surface area contributed by atoms with Gasteiger partial charge in [-0.15, -0.1) is 0 Å². The average molecular weight is 340 g/mol. The van der Waals surface area contributed by atoms with Crippen molar-refractivity contribution < 1.29 is 9.84 Å². The minimum atomic E-state index is 0.152. The summed E-state index contributed by atoms with van der Waals surface area (Å²) in [6, 6.07) is 11.9. The number of hydrogen-bond acceptors (Lipinski definition) is 4. The van der Waals surface area contributed by atoms with Gasteiger partial charge >= 0.3 is 0 Å². The van der Waals surface area contributed by atoms with E-state index in [0.29, 0.717) is 12.4 Å². The van der Waals surface area contributed by atoms with E-state index in [4.69, 9.17) is 4.74 Å². The maximum Gasteiger partial charge on any atom is 0.161 e. The summed E-state index contributed by atoms with van der Waals surface area (Å²) in [6.07, 6.45) is 1.98. The maximum atomic E-state index is 10.4. The Hall–Kier alpha value is -2.62. The van der Waals surface area contributed by atoms with Crippen LogP contribution in [0.4, 0.5) is 11.4 Å². The van der Waals surface area contributed by atoms with E-state index in [9.17, 15) is 5.11 Å². The largest absolute Gasteiger partial charge is 0.504 e. The molecule has 4 heteroatoms. The Kier molecular flexibility index (Phi) is 5.97. The zero-order valence-corrected chi connectivity index (χ0v) is 16.0. The van der Waals surface area contributed by atoms with Crippen LogP contribution in [-0.2, 0) is 0 Å². The second kappa shape index (κ2) is 7.97. The van der Waals surface area contributed by atoms with Gasteiger partial charge in [-0.2, -0.15) is 0 Å². The molecule has 0 aliphatic heterocycles. The van der Waals surface area contributed by atoms with Crippen molar-refractivity contribution in [3.63, 3.8) is 0 Å². The summed E-state index contributed by atoms with van der Waals surface area (Å²) in [7, 11) is 8.08. The Bertz CT molecular complexity index is 760. The van der Waals surface area contributed by atoms with Crippen LogP contribution in [0.1, 0.15) is 13.8 Å². The quantitative estimate of drug-likeness (QED) is 0.784. The first-order valence-corrected chi connectivity index (χ1v) is 8.38. The molecule has 0 atom stereocenters. The molecular weight excluding hydrogens is 312 g/mol. The van der Waals surface area contributed by atoms with Gasteiger partial charge in [0.1, 0.15) is 6.61 Å². The van der Waals surface area contributed by atoms with Crippen molar-refractivity contribution >= 4 is 11.4 Å². The zero-order chi connectivity index (χ0) is 18.6. The summed E-state index contributed by atoms with van der Waals surface area (Å²) in [5, 5.41) is 10.4. The van der Waals surface area contributed by atoms with Crippen LogP contribution in [-0.4, -0.2) is 39.9 Å². The van der Waals surface area contributed by atoms with Crippen molar-refractivity contribution in [3.05, 3.63) is 48.0 Å². The molecule has 0 bridgehead atoms. The number of ether oxygens (including phenoxy) is 1. The highest BCUT2D eigenvalue weighted by molar-refractivity contribution is 5.82. The van der Waals surface area contributed by atoms with Gasteiger partial charge in [0, 0.05) is 45.1 Å². The highest BCUT2D eigenvalue weighted by Gasteiger charge is 2.12. The summed E-state index contributed by atoms with van der Waals surface area (Å²) in [5.41, 5.74) is 5.43. The first-order chi connectivity index (χ1) is 11.8. The Labute approximate surface area is 151 Å². The smallest absolute Gasteiger partial charge is 0.161 e. The molecule has 2 rings (SSSR count). The van der Waals surface area contributed by atoms with Crippen molar-refractivity contribution in [1.82, 2.24) is 0 Å². The number of phenolic OH excluding ortho intramolecular Hbond substituents is 1. The molecule has 2 aromatic carbocycles. The third kappa shape index (κ3) is 4.69. The van der Waals surface area contributed by atoms with Crippen LogP contribution in [0.2, 0.25) is 0 Å². The fourth-order valence-corrected chi connectivity index (χ4v) is 2.53. The minimum absolute atomic E-state index is 0.152. The number of nitrogens with zero attached hydrogens (tertiary/aromatic N) is 2. The molecule has 1 N–H and O–H groups in total. The Morgan fingerprint density at radius 3 is 2.28 bits per heavy atom. The van der Waals surface area contributed by atoms with Crippen LogP contribution in [0.5, 0.6) is 11.5 Å². The summed E-state index contributed by atoms with van der Waals surface area (Å²) < 4.78 is 5.63. The van der Waals surface area contributed by atoms with Crippen LogP contribution in [0.15, 0.2) is 48.0 Å². The molecule has 0 amide bonds. The lowest BCUT2D eigenvalue weighted by Gasteiger charge is -2.21.